The van der Waals surface area contributed by atoms with Gasteiger partial charge >= 0.3 is 0 Å². The number of allylic oxidation sites excluding steroid dienone is 4. The highest BCUT2D eigenvalue weighted by Gasteiger charge is 2.31. The number of pyridine rings is 2. The summed E-state index contributed by atoms with van der Waals surface area (Å²) in [6.45, 7) is 4.21. The molecule has 1 aliphatic carbocycles. The summed E-state index contributed by atoms with van der Waals surface area (Å²) in [7, 11) is 5.13. The van der Waals surface area contributed by atoms with Crippen molar-refractivity contribution in [3.8, 4) is 11.5 Å². The van der Waals surface area contributed by atoms with E-state index < -0.39 is 28.7 Å². The highest BCUT2D eigenvalue weighted by atomic mass is 19.1. The Balaban J connectivity index is 1.83. The summed E-state index contributed by atoms with van der Waals surface area (Å²) >= 11 is 0. The molecular weight excluding hydrogens is 481 g/mol. The SMILES string of the molecule is CNC(=O)c1c(O)c2ncc(CC3C=CC(F)=CC3)c3c2n(c1=O)C=C(C(=O)NCC(C)(C)N(C)C)O3. The molecule has 0 bridgehead atoms. The Kier molecular flexibility index (Phi) is 6.92. The lowest BCUT2D eigenvalue weighted by molar-refractivity contribution is -0.120. The monoisotopic (exact) mass is 511 g/mol. The first-order chi connectivity index (χ1) is 17.4. The zero-order valence-corrected chi connectivity index (χ0v) is 21.4. The van der Waals surface area contributed by atoms with Crippen molar-refractivity contribution in [2.45, 2.75) is 32.2 Å². The third-order valence-corrected chi connectivity index (χ3v) is 6.87. The third-order valence-electron chi connectivity index (χ3n) is 6.87. The second-order valence-corrected chi connectivity index (χ2v) is 9.92. The number of rotatable bonds is 7. The van der Waals surface area contributed by atoms with E-state index in [9.17, 15) is 23.9 Å². The van der Waals surface area contributed by atoms with Crippen LogP contribution in [0.25, 0.3) is 17.2 Å². The summed E-state index contributed by atoms with van der Waals surface area (Å²) in [6.07, 6.45) is 8.11. The molecule has 0 fully saturated rings. The second kappa shape index (κ2) is 9.81. The molecular formula is C26H30FN5O5. The molecule has 196 valence electrons. The van der Waals surface area contributed by atoms with Crippen molar-refractivity contribution in [2.75, 3.05) is 27.7 Å². The van der Waals surface area contributed by atoms with Gasteiger partial charge < -0.3 is 25.4 Å². The minimum atomic E-state index is -0.825. The molecule has 2 aromatic rings. The largest absolute Gasteiger partial charge is 0.505 e. The zero-order chi connectivity index (χ0) is 27.1. The molecule has 0 spiro atoms. The molecule has 1 unspecified atom stereocenters. The molecule has 4 rings (SSSR count). The Morgan fingerprint density at radius 1 is 1.32 bits per heavy atom. The molecule has 0 saturated heterocycles. The smallest absolute Gasteiger partial charge is 0.288 e. The Morgan fingerprint density at radius 2 is 2.05 bits per heavy atom. The van der Waals surface area contributed by atoms with Crippen LogP contribution in [-0.2, 0) is 11.2 Å². The van der Waals surface area contributed by atoms with Gasteiger partial charge in [0.1, 0.15) is 22.4 Å². The van der Waals surface area contributed by atoms with Gasteiger partial charge in [0.05, 0.1) is 6.20 Å². The fourth-order valence-electron chi connectivity index (χ4n) is 4.05. The minimum Gasteiger partial charge on any atom is -0.505 e. The number of hydrogen-bond donors (Lipinski definition) is 3. The Labute approximate surface area is 213 Å². The van der Waals surface area contributed by atoms with E-state index in [1.807, 2.05) is 32.8 Å². The second-order valence-electron chi connectivity index (χ2n) is 9.92. The van der Waals surface area contributed by atoms with Crippen molar-refractivity contribution in [1.29, 1.82) is 0 Å². The predicted octanol–water partition coefficient (Wildman–Crippen LogP) is 2.08. The Morgan fingerprint density at radius 3 is 2.68 bits per heavy atom. The standard InChI is InChI=1S/C26H30FN5O5/c1-26(2,31(4)5)13-30-23(34)17-12-32-20-19(21(33)18(25(32)36)24(35)28-3)29-11-15(22(20)37-17)10-14-6-8-16(27)9-7-14/h6,8-9,11-12,14,33H,7,10,13H2,1-5H3,(H,28,35)(H,30,34). The summed E-state index contributed by atoms with van der Waals surface area (Å²) in [6, 6.07) is 0. The van der Waals surface area contributed by atoms with Crippen LogP contribution in [-0.4, -0.2) is 64.6 Å². The fraction of sp³-hybridized carbons (Fsp3) is 0.385. The van der Waals surface area contributed by atoms with Crippen LogP contribution in [0.5, 0.6) is 11.5 Å². The summed E-state index contributed by atoms with van der Waals surface area (Å²) in [5, 5.41) is 16.0. The molecule has 1 atom stereocenters. The molecule has 11 heteroatoms. The zero-order valence-electron chi connectivity index (χ0n) is 21.4. The van der Waals surface area contributed by atoms with Gasteiger partial charge in [0.15, 0.2) is 11.5 Å². The van der Waals surface area contributed by atoms with Crippen LogP contribution < -0.4 is 20.9 Å². The van der Waals surface area contributed by atoms with Crippen molar-refractivity contribution >= 4 is 29.0 Å². The summed E-state index contributed by atoms with van der Waals surface area (Å²) < 4.78 is 20.6. The van der Waals surface area contributed by atoms with E-state index in [-0.39, 0.29) is 39.8 Å². The number of carbonyl (C=O) groups is 2. The van der Waals surface area contributed by atoms with E-state index in [0.717, 1.165) is 4.57 Å². The lowest BCUT2D eigenvalue weighted by Gasteiger charge is -2.32. The fourth-order valence-corrected chi connectivity index (χ4v) is 4.05. The van der Waals surface area contributed by atoms with Crippen molar-refractivity contribution in [3.63, 3.8) is 0 Å². The Bertz CT molecular complexity index is 1440. The molecule has 3 heterocycles. The normalized spacial score (nSPS) is 16.8. The van der Waals surface area contributed by atoms with Gasteiger partial charge in [-0.3, -0.25) is 23.9 Å². The molecule has 37 heavy (non-hydrogen) atoms. The van der Waals surface area contributed by atoms with Crippen LogP contribution in [0.3, 0.4) is 0 Å². The van der Waals surface area contributed by atoms with Crippen LogP contribution in [0.4, 0.5) is 4.39 Å². The maximum Gasteiger partial charge on any atom is 0.288 e. The van der Waals surface area contributed by atoms with Crippen molar-refractivity contribution in [2.24, 2.45) is 5.92 Å². The van der Waals surface area contributed by atoms with E-state index in [0.29, 0.717) is 24.9 Å². The van der Waals surface area contributed by atoms with Crippen LogP contribution in [0.2, 0.25) is 0 Å². The highest BCUT2D eigenvalue weighted by Crippen LogP contribution is 2.38. The molecule has 0 saturated carbocycles. The number of amides is 2. The number of nitrogens with zero attached hydrogens (tertiary/aromatic N) is 3. The van der Waals surface area contributed by atoms with Gasteiger partial charge in [0.2, 0.25) is 5.76 Å². The molecule has 2 aromatic heterocycles. The van der Waals surface area contributed by atoms with E-state index in [4.69, 9.17) is 4.74 Å². The minimum absolute atomic E-state index is 0.0217. The predicted molar refractivity (Wildman–Crippen MR) is 137 cm³/mol. The van der Waals surface area contributed by atoms with Crippen LogP contribution in [0, 0.1) is 5.92 Å². The Hall–Kier alpha value is -3.99. The molecule has 0 radical (unpaired) electrons. The highest BCUT2D eigenvalue weighted by molar-refractivity contribution is 6.04. The van der Waals surface area contributed by atoms with Crippen molar-refractivity contribution in [3.05, 3.63) is 57.5 Å². The summed E-state index contributed by atoms with van der Waals surface area (Å²) in [5.74, 6) is -2.29. The van der Waals surface area contributed by atoms with Crippen LogP contribution in [0.1, 0.15) is 36.2 Å². The topological polar surface area (TPSA) is 126 Å². The average molecular weight is 512 g/mol. The molecule has 1 aliphatic heterocycles. The number of ether oxygens (including phenoxy) is 1. The number of halogens is 1. The van der Waals surface area contributed by atoms with Crippen molar-refractivity contribution in [1.82, 2.24) is 25.1 Å². The van der Waals surface area contributed by atoms with Crippen LogP contribution in [0.15, 0.2) is 40.8 Å². The van der Waals surface area contributed by atoms with Gasteiger partial charge in [-0.2, -0.15) is 0 Å². The molecule has 0 aromatic carbocycles. The number of carbonyl (C=O) groups excluding carboxylic acids is 2. The number of hydrogen-bond acceptors (Lipinski definition) is 7. The lowest BCUT2D eigenvalue weighted by atomic mass is 9.92. The lowest BCUT2D eigenvalue weighted by Crippen LogP contribution is -2.48. The number of nitrogens with one attached hydrogen (secondary N) is 2. The number of aromatic nitrogens is 2. The third kappa shape index (κ3) is 4.86. The molecule has 2 amide bonds. The first-order valence-electron chi connectivity index (χ1n) is 11.8. The van der Waals surface area contributed by atoms with Crippen LogP contribution >= 0.6 is 0 Å². The average Bonchev–Trinajstić information content (AvgIpc) is 2.87. The number of aromatic hydroxyl groups is 1. The van der Waals surface area contributed by atoms with E-state index in [1.165, 1.54) is 31.6 Å². The summed E-state index contributed by atoms with van der Waals surface area (Å²) in [4.78, 5) is 45.2. The quantitative estimate of drug-likeness (QED) is 0.520. The van der Waals surface area contributed by atoms with Gasteiger partial charge in [0, 0.05) is 30.9 Å². The first kappa shape index (κ1) is 26.1. The van der Waals surface area contributed by atoms with Gasteiger partial charge in [-0.1, -0.05) is 6.08 Å². The molecule has 2 aliphatic rings. The van der Waals surface area contributed by atoms with E-state index in [2.05, 4.69) is 15.6 Å². The van der Waals surface area contributed by atoms with Gasteiger partial charge in [-0.25, -0.2) is 4.39 Å². The maximum atomic E-state index is 13.5. The summed E-state index contributed by atoms with van der Waals surface area (Å²) in [5.41, 5.74) is -1.00. The number of likely N-dealkylation sites (N-methyl/N-ethyl adjacent to an activating group) is 1. The maximum absolute atomic E-state index is 13.5. The van der Waals surface area contributed by atoms with Gasteiger partial charge in [-0.15, -0.1) is 0 Å². The first-order valence-corrected chi connectivity index (χ1v) is 11.8. The van der Waals surface area contributed by atoms with E-state index >= 15 is 0 Å². The molecule has 10 nitrogen and oxygen atoms in total. The van der Waals surface area contributed by atoms with Gasteiger partial charge in [-0.05, 0) is 58.9 Å². The van der Waals surface area contributed by atoms with E-state index in [1.54, 1.807) is 6.08 Å². The van der Waals surface area contributed by atoms with Gasteiger partial charge in [0.25, 0.3) is 17.4 Å². The molecule has 3 N–H and O–H groups in total. The van der Waals surface area contributed by atoms with Crippen molar-refractivity contribution < 1.29 is 23.8 Å².